The highest BCUT2D eigenvalue weighted by Crippen LogP contribution is 2.25. The van der Waals surface area contributed by atoms with Crippen LogP contribution in [-0.4, -0.2) is 57.4 Å². The number of carbonyl (C=O) groups excluding carboxylic acids is 2. The van der Waals surface area contributed by atoms with Crippen LogP contribution in [0.15, 0.2) is 42.5 Å². The molecule has 0 fully saturated rings. The quantitative estimate of drug-likeness (QED) is 0.0369. The largest absolute Gasteiger partial charge is 0.493 e. The molecule has 1 aromatic rings. The van der Waals surface area contributed by atoms with Gasteiger partial charge in [-0.1, -0.05) is 154 Å². The van der Waals surface area contributed by atoms with Gasteiger partial charge in [-0.05, 0) is 89.1 Å². The molecule has 1 rings (SSSR count). The first-order chi connectivity index (χ1) is 28.9. The predicted molar refractivity (Wildman–Crippen MR) is 249 cm³/mol. The second-order valence-corrected chi connectivity index (χ2v) is 17.1. The van der Waals surface area contributed by atoms with Crippen LogP contribution in [0.2, 0.25) is 0 Å². The zero-order valence-corrected chi connectivity index (χ0v) is 39.1. The van der Waals surface area contributed by atoms with E-state index in [4.69, 9.17) is 18.9 Å². The van der Waals surface area contributed by atoms with Gasteiger partial charge < -0.3 is 23.8 Å². The Kier molecular flexibility index (Phi) is 37.3. The van der Waals surface area contributed by atoms with Gasteiger partial charge in [-0.3, -0.25) is 9.59 Å². The van der Waals surface area contributed by atoms with Gasteiger partial charge in [-0.25, -0.2) is 0 Å². The number of nitrogens with zero attached hydrogens (tertiary/aromatic N) is 1. The molecule has 0 spiro atoms. The van der Waals surface area contributed by atoms with E-state index < -0.39 is 0 Å². The molecule has 0 aliphatic heterocycles. The summed E-state index contributed by atoms with van der Waals surface area (Å²) >= 11 is 0. The van der Waals surface area contributed by atoms with E-state index >= 15 is 0 Å². The summed E-state index contributed by atoms with van der Waals surface area (Å²) in [5, 5.41) is 0. The zero-order valence-electron chi connectivity index (χ0n) is 39.1. The third-order valence-electron chi connectivity index (χ3n) is 10.8. The fourth-order valence-corrected chi connectivity index (χ4v) is 7.35. The number of carbonyl (C=O) groups is 2. The lowest BCUT2D eigenvalue weighted by atomic mass is 9.91. The average Bonchev–Trinajstić information content (AvgIpc) is 3.21. The summed E-state index contributed by atoms with van der Waals surface area (Å²) < 4.78 is 23.4. The molecule has 0 atom stereocenters. The molecule has 340 valence electrons. The second kappa shape index (κ2) is 40.6. The highest BCUT2D eigenvalue weighted by Gasteiger charge is 2.15. The Hall–Kier alpha value is -2.80. The summed E-state index contributed by atoms with van der Waals surface area (Å²) in [5.74, 6) is 1.73. The van der Waals surface area contributed by atoms with Crippen molar-refractivity contribution in [2.45, 2.75) is 214 Å². The maximum Gasteiger partial charge on any atom is 0.306 e. The lowest BCUT2D eigenvalue weighted by Crippen LogP contribution is -2.14. The fraction of sp³-hybridized carbons (Fsp3) is 0.769. The van der Waals surface area contributed by atoms with E-state index in [1.807, 2.05) is 32.3 Å². The minimum Gasteiger partial charge on any atom is -0.493 e. The van der Waals surface area contributed by atoms with Crippen molar-refractivity contribution in [3.63, 3.8) is 0 Å². The molecule has 1 aromatic carbocycles. The van der Waals surface area contributed by atoms with Gasteiger partial charge in [-0.15, -0.1) is 0 Å². The highest BCUT2D eigenvalue weighted by atomic mass is 16.5. The lowest BCUT2D eigenvalue weighted by Gasteiger charge is -2.17. The van der Waals surface area contributed by atoms with Crippen LogP contribution >= 0.6 is 0 Å². The van der Waals surface area contributed by atoms with Gasteiger partial charge in [0.15, 0.2) is 0 Å². The van der Waals surface area contributed by atoms with Gasteiger partial charge in [0.25, 0.3) is 0 Å². The maximum absolute atomic E-state index is 12.8. The van der Waals surface area contributed by atoms with Crippen molar-refractivity contribution in [3.8, 4) is 11.5 Å². The molecule has 7 nitrogen and oxygen atoms in total. The van der Waals surface area contributed by atoms with Gasteiger partial charge in [0, 0.05) is 38.3 Å². The molecule has 0 saturated carbocycles. The Morgan fingerprint density at radius 1 is 0.525 bits per heavy atom. The fourth-order valence-electron chi connectivity index (χ4n) is 7.35. The normalized spacial score (nSPS) is 11.7. The van der Waals surface area contributed by atoms with Crippen LogP contribution in [0, 0.1) is 5.92 Å². The molecule has 59 heavy (non-hydrogen) atoms. The molecule has 0 aliphatic rings. The van der Waals surface area contributed by atoms with Crippen molar-refractivity contribution in [3.05, 3.63) is 48.1 Å². The van der Waals surface area contributed by atoms with Crippen LogP contribution in [-0.2, 0) is 25.6 Å². The van der Waals surface area contributed by atoms with Gasteiger partial charge in [-0.2, -0.15) is 0 Å². The first-order valence-corrected chi connectivity index (χ1v) is 24.5. The lowest BCUT2D eigenvalue weighted by molar-refractivity contribution is -0.145. The number of hydrogen-bond acceptors (Lipinski definition) is 7. The smallest absolute Gasteiger partial charge is 0.306 e. The molecule has 0 bridgehead atoms. The standard InChI is InChI=1S/C52H91NO6/c1-6-9-12-15-18-19-20-21-22-23-24-25-26-29-32-37-51(54)58-40-33-38-56-49-42-48(46-53(4)5)43-50(45-49)57-39-34-41-59-52(55)44-47(35-30-27-16-13-10-7-2)36-31-28-17-14-11-8-3/h18-19,21-22,42-43,45,47H,6-17,20,23-41,44,46H2,1-5H3. The maximum atomic E-state index is 12.8. The molecular weight excluding hydrogens is 735 g/mol. The molecular formula is C52H91NO6. The molecule has 0 radical (unpaired) electrons. The molecule has 0 N–H and O–H groups in total. The summed E-state index contributed by atoms with van der Waals surface area (Å²) in [6.45, 7) is 9.16. The third-order valence-corrected chi connectivity index (χ3v) is 10.8. The summed E-state index contributed by atoms with van der Waals surface area (Å²) in [5.41, 5.74) is 1.10. The number of esters is 2. The Morgan fingerprint density at radius 3 is 1.53 bits per heavy atom. The monoisotopic (exact) mass is 826 g/mol. The van der Waals surface area contributed by atoms with Crippen LogP contribution in [0.4, 0.5) is 0 Å². The van der Waals surface area contributed by atoms with E-state index in [0.717, 1.165) is 68.6 Å². The molecule has 0 heterocycles. The second-order valence-electron chi connectivity index (χ2n) is 17.1. The molecule has 0 aromatic heterocycles. The van der Waals surface area contributed by atoms with E-state index in [-0.39, 0.29) is 11.9 Å². The van der Waals surface area contributed by atoms with Crippen LogP contribution < -0.4 is 9.47 Å². The van der Waals surface area contributed by atoms with Crippen LogP contribution in [0.5, 0.6) is 11.5 Å². The Bertz CT molecular complexity index is 1160. The zero-order chi connectivity index (χ0) is 42.9. The Labute approximate surface area is 363 Å². The topological polar surface area (TPSA) is 74.3 Å². The number of ether oxygens (including phenoxy) is 4. The summed E-state index contributed by atoms with van der Waals surface area (Å²) in [7, 11) is 4.08. The van der Waals surface area contributed by atoms with Crippen LogP contribution in [0.3, 0.4) is 0 Å². The summed E-state index contributed by atoms with van der Waals surface area (Å²) in [6, 6.07) is 6.00. The highest BCUT2D eigenvalue weighted by molar-refractivity contribution is 5.69. The average molecular weight is 826 g/mol. The first kappa shape index (κ1) is 54.2. The van der Waals surface area contributed by atoms with Gasteiger partial charge in [0.1, 0.15) is 11.5 Å². The van der Waals surface area contributed by atoms with E-state index in [9.17, 15) is 9.59 Å². The van der Waals surface area contributed by atoms with Crippen molar-refractivity contribution in [1.82, 2.24) is 4.90 Å². The molecule has 0 amide bonds. The van der Waals surface area contributed by atoms with Gasteiger partial charge >= 0.3 is 11.9 Å². The molecule has 0 saturated heterocycles. The van der Waals surface area contributed by atoms with Crippen molar-refractivity contribution >= 4 is 11.9 Å². The van der Waals surface area contributed by atoms with Crippen molar-refractivity contribution in [2.75, 3.05) is 40.5 Å². The van der Waals surface area contributed by atoms with Crippen LogP contribution in [0.25, 0.3) is 0 Å². The Morgan fingerprint density at radius 2 is 0.983 bits per heavy atom. The summed E-state index contributed by atoms with van der Waals surface area (Å²) in [4.78, 5) is 27.2. The Balaban J connectivity index is 2.32. The van der Waals surface area contributed by atoms with Crippen LogP contribution in [0.1, 0.15) is 213 Å². The number of rotatable bonds is 42. The van der Waals surface area contributed by atoms with Gasteiger partial charge in [0.05, 0.1) is 26.4 Å². The minimum atomic E-state index is -0.119. The van der Waals surface area contributed by atoms with E-state index in [1.54, 1.807) is 0 Å². The first-order valence-electron chi connectivity index (χ1n) is 24.5. The van der Waals surface area contributed by atoms with Crippen molar-refractivity contribution < 1.29 is 28.5 Å². The number of allylic oxidation sites excluding steroid dienone is 4. The number of unbranched alkanes of at least 4 members (excludes halogenated alkanes) is 18. The SMILES string of the molecule is CCCCCC=CCC=CCCCCCCCC(=O)OCCCOc1cc(CN(C)C)cc(OCCCOC(=O)CC(CCCCCCCC)CCCCCCCC)c1. The van der Waals surface area contributed by atoms with Crippen molar-refractivity contribution in [1.29, 1.82) is 0 Å². The third kappa shape index (κ3) is 35.6. The minimum absolute atomic E-state index is 0.0668. The molecule has 0 unspecified atom stereocenters. The predicted octanol–water partition coefficient (Wildman–Crippen LogP) is 14.7. The summed E-state index contributed by atoms with van der Waals surface area (Å²) in [6.07, 6.45) is 42.0. The molecule has 0 aliphatic carbocycles. The van der Waals surface area contributed by atoms with E-state index in [2.05, 4.69) is 50.0 Å². The van der Waals surface area contributed by atoms with E-state index in [0.29, 0.717) is 58.0 Å². The van der Waals surface area contributed by atoms with Crippen molar-refractivity contribution in [2.24, 2.45) is 5.92 Å². The number of benzene rings is 1. The van der Waals surface area contributed by atoms with Gasteiger partial charge in [0.2, 0.25) is 0 Å². The number of hydrogen-bond donors (Lipinski definition) is 0. The van der Waals surface area contributed by atoms with E-state index in [1.165, 1.54) is 116 Å². The molecule has 7 heteroatoms.